The van der Waals surface area contributed by atoms with Crippen molar-refractivity contribution in [3.05, 3.63) is 39.4 Å². The van der Waals surface area contributed by atoms with Crippen LogP contribution in [0.2, 0.25) is 4.34 Å². The Hall–Kier alpha value is -0.780. The van der Waals surface area contributed by atoms with Gasteiger partial charge in [0.05, 0.1) is 7.11 Å². The molecular formula is C12H13ClN2OS2. The van der Waals surface area contributed by atoms with E-state index < -0.39 is 0 Å². The third-order valence-corrected chi connectivity index (χ3v) is 4.42. The maximum absolute atomic E-state index is 5.96. The van der Waals surface area contributed by atoms with Gasteiger partial charge < -0.3 is 4.74 Å². The van der Waals surface area contributed by atoms with Crippen LogP contribution in [0.4, 0.5) is 0 Å². The molecule has 18 heavy (non-hydrogen) atoms. The van der Waals surface area contributed by atoms with Crippen LogP contribution in [0.3, 0.4) is 0 Å². The summed E-state index contributed by atoms with van der Waals surface area (Å²) in [6.07, 6.45) is 0. The molecule has 0 atom stereocenters. The molecule has 0 radical (unpaired) electrons. The van der Waals surface area contributed by atoms with Crippen molar-refractivity contribution in [2.24, 2.45) is 0 Å². The van der Waals surface area contributed by atoms with Gasteiger partial charge in [0.2, 0.25) is 0 Å². The number of aromatic nitrogens is 2. The summed E-state index contributed by atoms with van der Waals surface area (Å²) in [7, 11) is 1.69. The normalized spacial score (nSPS) is 10.6. The van der Waals surface area contributed by atoms with Gasteiger partial charge in [0, 0.05) is 28.6 Å². The van der Waals surface area contributed by atoms with Crippen molar-refractivity contribution in [3.8, 4) is 5.75 Å². The molecule has 96 valence electrons. The fraction of sp³-hybridized carbons (Fsp3) is 0.333. The van der Waals surface area contributed by atoms with Gasteiger partial charge >= 0.3 is 0 Å². The maximum Gasteiger partial charge on any atom is 0.138 e. The fourth-order valence-electron chi connectivity index (χ4n) is 1.56. The molecule has 0 saturated carbocycles. The van der Waals surface area contributed by atoms with Crippen LogP contribution in [-0.4, -0.2) is 16.7 Å². The highest BCUT2D eigenvalue weighted by atomic mass is 35.5. The van der Waals surface area contributed by atoms with Crippen LogP contribution in [0.5, 0.6) is 5.75 Å². The van der Waals surface area contributed by atoms with Gasteiger partial charge in [-0.1, -0.05) is 33.8 Å². The lowest BCUT2D eigenvalue weighted by molar-refractivity contribution is 0.411. The van der Waals surface area contributed by atoms with Gasteiger partial charge in [-0.15, -0.1) is 5.10 Å². The van der Waals surface area contributed by atoms with Crippen LogP contribution in [0, 0.1) is 6.92 Å². The molecule has 1 heterocycles. The molecular weight excluding hydrogens is 288 g/mol. The number of methoxy groups -OCH3 is 1. The lowest BCUT2D eigenvalue weighted by atomic mass is 10.1. The topological polar surface area (TPSA) is 35.0 Å². The SMILES string of the molecule is COc1ccc(C)cc1CSCc1nnsc1Cl. The highest BCUT2D eigenvalue weighted by Gasteiger charge is 2.07. The van der Waals surface area contributed by atoms with E-state index in [4.69, 9.17) is 16.3 Å². The first-order chi connectivity index (χ1) is 8.70. The first-order valence-corrected chi connectivity index (χ1v) is 7.69. The van der Waals surface area contributed by atoms with Crippen molar-refractivity contribution in [2.45, 2.75) is 18.4 Å². The molecule has 1 aromatic heterocycles. The number of rotatable bonds is 5. The van der Waals surface area contributed by atoms with Crippen LogP contribution >= 0.6 is 34.9 Å². The first-order valence-electron chi connectivity index (χ1n) is 5.38. The molecule has 0 amide bonds. The number of thioether (sulfide) groups is 1. The molecule has 2 aromatic rings. The zero-order valence-electron chi connectivity index (χ0n) is 10.1. The van der Waals surface area contributed by atoms with Crippen molar-refractivity contribution >= 4 is 34.9 Å². The van der Waals surface area contributed by atoms with Gasteiger partial charge in [-0.25, -0.2) is 0 Å². The highest BCUT2D eigenvalue weighted by molar-refractivity contribution is 7.97. The van der Waals surface area contributed by atoms with Gasteiger partial charge in [0.25, 0.3) is 0 Å². The summed E-state index contributed by atoms with van der Waals surface area (Å²) in [4.78, 5) is 0. The van der Waals surface area contributed by atoms with Crippen molar-refractivity contribution in [1.29, 1.82) is 0 Å². The quantitative estimate of drug-likeness (QED) is 0.838. The Morgan fingerprint density at radius 2 is 2.22 bits per heavy atom. The average molecular weight is 301 g/mol. The molecule has 0 saturated heterocycles. The second-order valence-corrected chi connectivity index (χ2v) is 6.14. The van der Waals surface area contributed by atoms with Crippen LogP contribution in [0.1, 0.15) is 16.8 Å². The number of hydrogen-bond donors (Lipinski definition) is 0. The molecule has 0 aliphatic heterocycles. The number of ether oxygens (including phenoxy) is 1. The van der Waals surface area contributed by atoms with Crippen LogP contribution < -0.4 is 4.74 Å². The smallest absolute Gasteiger partial charge is 0.138 e. The van der Waals surface area contributed by atoms with E-state index in [1.54, 1.807) is 18.9 Å². The van der Waals surface area contributed by atoms with E-state index in [2.05, 4.69) is 22.6 Å². The van der Waals surface area contributed by atoms with Gasteiger partial charge in [-0.05, 0) is 13.0 Å². The monoisotopic (exact) mass is 300 g/mol. The summed E-state index contributed by atoms with van der Waals surface area (Å²) in [5.41, 5.74) is 3.29. The van der Waals surface area contributed by atoms with E-state index in [1.165, 1.54) is 22.7 Å². The van der Waals surface area contributed by atoms with E-state index in [0.29, 0.717) is 4.34 Å². The highest BCUT2D eigenvalue weighted by Crippen LogP contribution is 2.28. The molecule has 0 unspecified atom stereocenters. The second-order valence-electron chi connectivity index (χ2n) is 3.80. The molecule has 6 heteroatoms. The summed E-state index contributed by atoms with van der Waals surface area (Å²) >= 11 is 8.94. The first kappa shape index (κ1) is 13.6. The lowest BCUT2D eigenvalue weighted by Gasteiger charge is -2.08. The third-order valence-electron chi connectivity index (χ3n) is 2.44. The van der Waals surface area contributed by atoms with Crippen molar-refractivity contribution in [1.82, 2.24) is 9.59 Å². The molecule has 3 nitrogen and oxygen atoms in total. The largest absolute Gasteiger partial charge is 0.496 e. The lowest BCUT2D eigenvalue weighted by Crippen LogP contribution is -1.92. The standard InChI is InChI=1S/C12H13ClN2OS2/c1-8-3-4-11(16-2)9(5-8)6-17-7-10-12(13)18-15-14-10/h3-5H,6-7H2,1-2H3. The molecule has 0 spiro atoms. The second kappa shape index (κ2) is 6.41. The Kier molecular flexibility index (Phi) is 4.86. The van der Waals surface area contributed by atoms with Crippen LogP contribution in [0.15, 0.2) is 18.2 Å². The zero-order valence-corrected chi connectivity index (χ0v) is 12.5. The fourth-order valence-corrected chi connectivity index (χ4v) is 3.30. The van der Waals surface area contributed by atoms with Gasteiger partial charge in [0.15, 0.2) is 0 Å². The Labute approximate surface area is 120 Å². The molecule has 0 fully saturated rings. The summed E-state index contributed by atoms with van der Waals surface area (Å²) < 4.78 is 9.84. The summed E-state index contributed by atoms with van der Waals surface area (Å²) in [6.45, 7) is 2.08. The van der Waals surface area contributed by atoms with Crippen molar-refractivity contribution < 1.29 is 4.74 Å². The Balaban J connectivity index is 1.98. The minimum absolute atomic E-state index is 0.679. The summed E-state index contributed by atoms with van der Waals surface area (Å²) in [5.74, 6) is 2.57. The number of halogens is 1. The maximum atomic E-state index is 5.96. The Bertz CT molecular complexity index is 531. The number of nitrogens with zero attached hydrogens (tertiary/aromatic N) is 2. The molecule has 0 aliphatic rings. The van der Waals surface area contributed by atoms with E-state index in [0.717, 1.165) is 22.9 Å². The summed E-state index contributed by atoms with van der Waals surface area (Å²) in [5, 5.41) is 3.99. The van der Waals surface area contributed by atoms with E-state index in [-0.39, 0.29) is 0 Å². The third kappa shape index (κ3) is 3.37. The van der Waals surface area contributed by atoms with E-state index in [1.807, 2.05) is 12.1 Å². The predicted octanol–water partition coefficient (Wildman–Crippen LogP) is 3.94. The van der Waals surface area contributed by atoms with Crippen molar-refractivity contribution in [3.63, 3.8) is 0 Å². The number of benzene rings is 1. The summed E-state index contributed by atoms with van der Waals surface area (Å²) in [6, 6.07) is 6.20. The predicted molar refractivity (Wildman–Crippen MR) is 77.6 cm³/mol. The van der Waals surface area contributed by atoms with E-state index >= 15 is 0 Å². The molecule has 0 bridgehead atoms. The molecule has 0 aliphatic carbocycles. The van der Waals surface area contributed by atoms with Crippen LogP contribution in [-0.2, 0) is 11.5 Å². The molecule has 2 rings (SSSR count). The Morgan fingerprint density at radius 3 is 2.89 bits per heavy atom. The van der Waals surface area contributed by atoms with Gasteiger partial charge in [-0.3, -0.25) is 0 Å². The van der Waals surface area contributed by atoms with Crippen LogP contribution in [0.25, 0.3) is 0 Å². The molecule has 0 N–H and O–H groups in total. The Morgan fingerprint density at radius 1 is 1.39 bits per heavy atom. The van der Waals surface area contributed by atoms with E-state index in [9.17, 15) is 0 Å². The minimum Gasteiger partial charge on any atom is -0.496 e. The molecule has 1 aromatic carbocycles. The zero-order chi connectivity index (χ0) is 13.0. The van der Waals surface area contributed by atoms with Gasteiger partial charge in [0.1, 0.15) is 15.8 Å². The number of aryl methyl sites for hydroxylation is 1. The minimum atomic E-state index is 0.679. The van der Waals surface area contributed by atoms with Crippen molar-refractivity contribution in [2.75, 3.05) is 7.11 Å². The van der Waals surface area contributed by atoms with Gasteiger partial charge in [-0.2, -0.15) is 11.8 Å². The number of hydrogen-bond acceptors (Lipinski definition) is 5. The average Bonchev–Trinajstić information content (AvgIpc) is 2.76.